The minimum atomic E-state index is -4.61. The molecule has 0 aliphatic rings. The standard InChI is InChI=1S/C19H12F3N3O3S/c20-19(21,22)12-5-6-17(27)25(8-12)9-16(26)24-18-23-13(10-29-18)15-7-11-3-1-2-4-14(11)28-15/h1-8,10H,9H2,(H,23,24,26). The molecule has 3 aromatic heterocycles. The Morgan fingerprint density at radius 2 is 2.00 bits per heavy atom. The first-order valence-electron chi connectivity index (χ1n) is 8.31. The van der Waals surface area contributed by atoms with E-state index in [0.717, 1.165) is 22.8 Å². The van der Waals surface area contributed by atoms with Crippen molar-refractivity contribution in [3.8, 4) is 11.5 Å². The third-order valence-electron chi connectivity index (χ3n) is 4.05. The van der Waals surface area contributed by atoms with Gasteiger partial charge in [-0.15, -0.1) is 11.3 Å². The van der Waals surface area contributed by atoms with Crippen molar-refractivity contribution in [2.75, 3.05) is 5.32 Å². The second-order valence-corrected chi connectivity index (χ2v) is 6.97. The van der Waals surface area contributed by atoms with E-state index in [1.165, 1.54) is 0 Å². The van der Waals surface area contributed by atoms with E-state index in [-0.39, 0.29) is 5.13 Å². The normalized spacial score (nSPS) is 11.7. The monoisotopic (exact) mass is 419 g/mol. The predicted molar refractivity (Wildman–Crippen MR) is 102 cm³/mol. The van der Waals surface area contributed by atoms with E-state index in [2.05, 4.69) is 10.3 Å². The number of aromatic nitrogens is 2. The number of fused-ring (bicyclic) bond motifs is 1. The summed E-state index contributed by atoms with van der Waals surface area (Å²) >= 11 is 1.13. The van der Waals surface area contributed by atoms with E-state index >= 15 is 0 Å². The number of carbonyl (C=O) groups excluding carboxylic acids is 1. The smallest absolute Gasteiger partial charge is 0.417 e. The summed E-state index contributed by atoms with van der Waals surface area (Å²) in [7, 11) is 0. The molecule has 4 aromatic rings. The fourth-order valence-corrected chi connectivity index (χ4v) is 3.40. The van der Waals surface area contributed by atoms with Gasteiger partial charge in [-0.25, -0.2) is 4.98 Å². The van der Waals surface area contributed by atoms with Crippen molar-refractivity contribution in [2.45, 2.75) is 12.7 Å². The minimum Gasteiger partial charge on any atom is -0.454 e. The second-order valence-electron chi connectivity index (χ2n) is 6.12. The van der Waals surface area contributed by atoms with Crippen LogP contribution in [0.2, 0.25) is 0 Å². The Bertz CT molecular complexity index is 1220. The van der Waals surface area contributed by atoms with Crippen LogP contribution in [0.1, 0.15) is 5.56 Å². The molecule has 0 spiro atoms. The van der Waals surface area contributed by atoms with Gasteiger partial charge in [0.25, 0.3) is 5.56 Å². The lowest BCUT2D eigenvalue weighted by Gasteiger charge is -2.10. The van der Waals surface area contributed by atoms with Crippen LogP contribution in [-0.2, 0) is 17.5 Å². The summed E-state index contributed by atoms with van der Waals surface area (Å²) in [6.07, 6.45) is -3.99. The van der Waals surface area contributed by atoms with Gasteiger partial charge in [-0.1, -0.05) is 18.2 Å². The van der Waals surface area contributed by atoms with Gasteiger partial charge in [0.05, 0.1) is 5.56 Å². The number of carbonyl (C=O) groups is 1. The maximum Gasteiger partial charge on any atom is 0.417 e. The number of hydrogen-bond acceptors (Lipinski definition) is 5. The summed E-state index contributed by atoms with van der Waals surface area (Å²) in [5.41, 5.74) is -0.510. The maximum atomic E-state index is 12.8. The third-order valence-corrected chi connectivity index (χ3v) is 4.81. The highest BCUT2D eigenvalue weighted by Crippen LogP contribution is 2.30. The molecule has 0 bridgehead atoms. The predicted octanol–water partition coefficient (Wildman–Crippen LogP) is 4.38. The Balaban J connectivity index is 1.49. The molecule has 148 valence electrons. The van der Waals surface area contributed by atoms with Gasteiger partial charge in [-0.2, -0.15) is 13.2 Å². The number of para-hydroxylation sites is 1. The molecular weight excluding hydrogens is 407 g/mol. The second kappa shape index (κ2) is 7.21. The number of nitrogens with one attached hydrogen (secondary N) is 1. The number of furan rings is 1. The Morgan fingerprint density at radius 3 is 2.76 bits per heavy atom. The first-order valence-corrected chi connectivity index (χ1v) is 9.19. The number of hydrogen-bond donors (Lipinski definition) is 1. The zero-order valence-corrected chi connectivity index (χ0v) is 15.4. The van der Waals surface area contributed by atoms with Gasteiger partial charge in [-0.3, -0.25) is 9.59 Å². The van der Waals surface area contributed by atoms with E-state index in [4.69, 9.17) is 4.42 Å². The molecule has 1 N–H and O–H groups in total. The number of nitrogens with zero attached hydrogens (tertiary/aromatic N) is 2. The lowest BCUT2D eigenvalue weighted by molar-refractivity contribution is -0.138. The van der Waals surface area contributed by atoms with E-state index in [1.54, 1.807) is 5.38 Å². The molecular formula is C19H12F3N3O3S. The van der Waals surface area contributed by atoms with Crippen LogP contribution in [0.3, 0.4) is 0 Å². The Kier molecular flexibility index (Phi) is 4.71. The average molecular weight is 419 g/mol. The van der Waals surface area contributed by atoms with Gasteiger partial charge < -0.3 is 14.3 Å². The highest BCUT2D eigenvalue weighted by molar-refractivity contribution is 7.14. The molecule has 1 aromatic carbocycles. The summed E-state index contributed by atoms with van der Waals surface area (Å²) in [5, 5.41) is 5.32. The zero-order chi connectivity index (χ0) is 20.6. The fraction of sp³-hybridized carbons (Fsp3) is 0.105. The molecule has 4 rings (SSSR count). The van der Waals surface area contributed by atoms with Crippen LogP contribution in [0.15, 0.2) is 63.3 Å². The number of anilines is 1. The van der Waals surface area contributed by atoms with Crippen molar-refractivity contribution in [1.29, 1.82) is 0 Å². The van der Waals surface area contributed by atoms with Crippen molar-refractivity contribution in [3.05, 3.63) is 70.0 Å². The quantitative estimate of drug-likeness (QED) is 0.533. The molecule has 0 saturated heterocycles. The lowest BCUT2D eigenvalue weighted by atomic mass is 10.2. The van der Waals surface area contributed by atoms with Crippen molar-refractivity contribution in [1.82, 2.24) is 9.55 Å². The van der Waals surface area contributed by atoms with E-state index < -0.39 is 29.8 Å². The van der Waals surface area contributed by atoms with Crippen LogP contribution in [0.25, 0.3) is 22.4 Å². The average Bonchev–Trinajstić information content (AvgIpc) is 3.29. The lowest BCUT2D eigenvalue weighted by Crippen LogP contribution is -2.28. The molecule has 0 saturated carbocycles. The van der Waals surface area contributed by atoms with Crippen molar-refractivity contribution >= 4 is 33.3 Å². The van der Waals surface area contributed by atoms with E-state index in [1.807, 2.05) is 30.3 Å². The molecule has 29 heavy (non-hydrogen) atoms. The molecule has 0 aliphatic heterocycles. The van der Waals surface area contributed by atoms with Crippen molar-refractivity contribution in [2.24, 2.45) is 0 Å². The number of pyridine rings is 1. The fourth-order valence-electron chi connectivity index (χ4n) is 2.69. The van der Waals surface area contributed by atoms with Crippen molar-refractivity contribution < 1.29 is 22.4 Å². The Labute approximate surface area is 165 Å². The summed E-state index contributed by atoms with van der Waals surface area (Å²) in [5.74, 6) is -0.144. The minimum absolute atomic E-state index is 0.241. The van der Waals surface area contributed by atoms with Gasteiger partial charge in [0.15, 0.2) is 10.9 Å². The molecule has 0 aliphatic carbocycles. The van der Waals surface area contributed by atoms with Gasteiger partial charge in [0.2, 0.25) is 5.91 Å². The van der Waals surface area contributed by atoms with Crippen LogP contribution in [0.4, 0.5) is 18.3 Å². The van der Waals surface area contributed by atoms with E-state index in [0.29, 0.717) is 33.9 Å². The molecule has 0 unspecified atom stereocenters. The number of benzene rings is 1. The Hall–Kier alpha value is -3.40. The van der Waals surface area contributed by atoms with Gasteiger partial charge in [-0.05, 0) is 18.2 Å². The van der Waals surface area contributed by atoms with Crippen LogP contribution in [-0.4, -0.2) is 15.5 Å². The number of alkyl halides is 3. The van der Waals surface area contributed by atoms with Crippen LogP contribution in [0, 0.1) is 0 Å². The SMILES string of the molecule is O=C(Cn1cc(C(F)(F)F)ccc1=O)Nc1nc(-c2cc3ccccc3o2)cs1. The topological polar surface area (TPSA) is 77.1 Å². The van der Waals surface area contributed by atoms with Gasteiger partial charge in [0, 0.05) is 23.0 Å². The van der Waals surface area contributed by atoms with Crippen LogP contribution >= 0.6 is 11.3 Å². The maximum absolute atomic E-state index is 12.8. The number of thiazole rings is 1. The molecule has 6 nitrogen and oxygen atoms in total. The van der Waals surface area contributed by atoms with Crippen molar-refractivity contribution in [3.63, 3.8) is 0 Å². The zero-order valence-electron chi connectivity index (χ0n) is 14.6. The molecule has 3 heterocycles. The third kappa shape index (κ3) is 4.06. The number of rotatable bonds is 4. The summed E-state index contributed by atoms with van der Waals surface area (Å²) in [6.45, 7) is -0.567. The number of amides is 1. The van der Waals surface area contributed by atoms with E-state index in [9.17, 15) is 22.8 Å². The molecule has 0 radical (unpaired) electrons. The summed E-state index contributed by atoms with van der Waals surface area (Å²) in [4.78, 5) is 28.2. The van der Waals surface area contributed by atoms with Gasteiger partial charge >= 0.3 is 6.18 Å². The van der Waals surface area contributed by atoms with Crippen LogP contribution < -0.4 is 10.9 Å². The highest BCUT2D eigenvalue weighted by Gasteiger charge is 2.31. The summed E-state index contributed by atoms with van der Waals surface area (Å²) < 4.78 is 44.8. The molecule has 10 heteroatoms. The summed E-state index contributed by atoms with van der Waals surface area (Å²) in [6, 6.07) is 10.7. The molecule has 0 atom stereocenters. The first-order chi connectivity index (χ1) is 13.8. The van der Waals surface area contributed by atoms with Gasteiger partial charge in [0.1, 0.15) is 17.8 Å². The molecule has 1 amide bonds. The highest BCUT2D eigenvalue weighted by atomic mass is 32.1. The number of halogens is 3. The Morgan fingerprint density at radius 1 is 1.21 bits per heavy atom. The molecule has 0 fully saturated rings. The largest absolute Gasteiger partial charge is 0.454 e. The van der Waals surface area contributed by atoms with Crippen LogP contribution in [0.5, 0.6) is 0 Å². The first kappa shape index (κ1) is 18.9.